The van der Waals surface area contributed by atoms with E-state index in [-0.39, 0.29) is 0 Å². The zero-order chi connectivity index (χ0) is 25.2. The van der Waals surface area contributed by atoms with Crippen molar-refractivity contribution in [2.24, 2.45) is 0 Å². The van der Waals surface area contributed by atoms with E-state index in [0.717, 1.165) is 44.5 Å². The van der Waals surface area contributed by atoms with Gasteiger partial charge in [-0.3, -0.25) is 0 Å². The van der Waals surface area contributed by atoms with Gasteiger partial charge in [-0.25, -0.2) is 0 Å². The van der Waals surface area contributed by atoms with E-state index in [1.807, 2.05) is 123 Å². The minimum atomic E-state index is -1.21. The summed E-state index contributed by atoms with van der Waals surface area (Å²) in [5, 5.41) is 23.5. The van der Waals surface area contributed by atoms with Crippen molar-refractivity contribution in [2.45, 2.75) is 25.0 Å². The summed E-state index contributed by atoms with van der Waals surface area (Å²) in [7, 11) is 0. The molecule has 2 atom stereocenters. The van der Waals surface area contributed by atoms with Gasteiger partial charge in [0.1, 0.15) is 11.2 Å². The lowest BCUT2D eigenvalue weighted by molar-refractivity contribution is 0.0987. The van der Waals surface area contributed by atoms with Gasteiger partial charge in [0.15, 0.2) is 0 Å². The predicted octanol–water partition coefficient (Wildman–Crippen LogP) is 7.53. The molecule has 2 heteroatoms. The Balaban J connectivity index is 1.52. The molecule has 0 saturated heterocycles. The Morgan fingerprint density at radius 1 is 0.389 bits per heavy atom. The second-order valence-electron chi connectivity index (χ2n) is 9.54. The first kappa shape index (κ1) is 23.7. The number of aliphatic hydroxyl groups is 2. The van der Waals surface area contributed by atoms with Crippen LogP contribution >= 0.6 is 0 Å². The molecule has 5 aromatic rings. The van der Waals surface area contributed by atoms with Crippen molar-refractivity contribution in [1.29, 1.82) is 0 Å². The summed E-state index contributed by atoms with van der Waals surface area (Å²) in [5.74, 6) is 0. The lowest BCUT2D eigenvalue weighted by Gasteiger charge is -2.30. The number of hydrogen-bond donors (Lipinski definition) is 2. The smallest absolute Gasteiger partial charge is 0.112 e. The van der Waals surface area contributed by atoms with Gasteiger partial charge in [0.05, 0.1) is 0 Å². The standard InChI is InChI=1S/C34H30O2/c1-33(35,31-19-11-9-17-29(31)25-13-5-3-6-14-25)27-21-23-28(24-22-27)34(2,36)32-20-12-10-18-30(32)26-15-7-4-8-16-26/h3-24,35-36H,1-2H3. The van der Waals surface area contributed by atoms with E-state index in [1.165, 1.54) is 0 Å². The molecule has 5 rings (SSSR count). The molecule has 178 valence electrons. The maximum absolute atomic E-state index is 11.7. The lowest BCUT2D eigenvalue weighted by Crippen LogP contribution is -2.26. The molecule has 5 aromatic carbocycles. The van der Waals surface area contributed by atoms with E-state index in [0.29, 0.717) is 0 Å². The second kappa shape index (κ2) is 9.58. The van der Waals surface area contributed by atoms with Crippen LogP contribution in [0, 0.1) is 0 Å². The normalized spacial score (nSPS) is 14.6. The minimum absolute atomic E-state index is 0.766. The fourth-order valence-electron chi connectivity index (χ4n) is 4.98. The molecule has 0 aliphatic carbocycles. The van der Waals surface area contributed by atoms with Crippen LogP contribution in [0.15, 0.2) is 133 Å². The molecule has 0 bridgehead atoms. The van der Waals surface area contributed by atoms with Crippen molar-refractivity contribution in [3.05, 3.63) is 156 Å². The number of rotatable bonds is 6. The van der Waals surface area contributed by atoms with Gasteiger partial charge in [-0.05, 0) is 58.4 Å². The summed E-state index contributed by atoms with van der Waals surface area (Å²) in [6.07, 6.45) is 0. The lowest BCUT2D eigenvalue weighted by atomic mass is 9.80. The van der Waals surface area contributed by atoms with Crippen LogP contribution in [0.5, 0.6) is 0 Å². The first-order valence-corrected chi connectivity index (χ1v) is 12.2. The van der Waals surface area contributed by atoms with Crippen LogP contribution in [0.4, 0.5) is 0 Å². The van der Waals surface area contributed by atoms with Gasteiger partial charge in [-0.2, -0.15) is 0 Å². The highest BCUT2D eigenvalue weighted by Gasteiger charge is 2.31. The van der Waals surface area contributed by atoms with Crippen LogP contribution in [0.2, 0.25) is 0 Å². The Hall–Kier alpha value is -3.98. The van der Waals surface area contributed by atoms with Crippen molar-refractivity contribution in [3.63, 3.8) is 0 Å². The molecule has 0 spiro atoms. The molecular weight excluding hydrogens is 440 g/mol. The summed E-state index contributed by atoms with van der Waals surface area (Å²) in [6.45, 7) is 3.65. The van der Waals surface area contributed by atoms with Gasteiger partial charge in [-0.1, -0.05) is 133 Å². The molecule has 36 heavy (non-hydrogen) atoms. The molecule has 0 amide bonds. The molecular formula is C34H30O2. The van der Waals surface area contributed by atoms with Gasteiger partial charge in [0.2, 0.25) is 0 Å². The van der Waals surface area contributed by atoms with Crippen LogP contribution in [-0.2, 0) is 11.2 Å². The van der Waals surface area contributed by atoms with Crippen LogP contribution in [-0.4, -0.2) is 10.2 Å². The molecule has 2 N–H and O–H groups in total. The average Bonchev–Trinajstić information content (AvgIpc) is 2.94. The fraction of sp³-hybridized carbons (Fsp3) is 0.118. The SMILES string of the molecule is CC(O)(c1ccc(C(C)(O)c2ccccc2-c2ccccc2)cc1)c1ccccc1-c1ccccc1. The molecule has 2 nitrogen and oxygen atoms in total. The van der Waals surface area contributed by atoms with Gasteiger partial charge in [0, 0.05) is 0 Å². The average molecular weight is 471 g/mol. The zero-order valence-electron chi connectivity index (χ0n) is 20.6. The van der Waals surface area contributed by atoms with Crippen LogP contribution in [0.3, 0.4) is 0 Å². The quantitative estimate of drug-likeness (QED) is 0.269. The largest absolute Gasteiger partial charge is 0.381 e. The summed E-state index contributed by atoms with van der Waals surface area (Å²) in [6, 6.07) is 43.8. The van der Waals surface area contributed by atoms with Crippen molar-refractivity contribution >= 4 is 0 Å². The highest BCUT2D eigenvalue weighted by atomic mass is 16.3. The third-order valence-corrected chi connectivity index (χ3v) is 7.08. The summed E-state index contributed by atoms with van der Waals surface area (Å²) >= 11 is 0. The fourth-order valence-corrected chi connectivity index (χ4v) is 4.98. The minimum Gasteiger partial charge on any atom is -0.381 e. The highest BCUT2D eigenvalue weighted by molar-refractivity contribution is 5.70. The van der Waals surface area contributed by atoms with Crippen molar-refractivity contribution in [2.75, 3.05) is 0 Å². The number of hydrogen-bond acceptors (Lipinski definition) is 2. The Morgan fingerprint density at radius 2 is 0.694 bits per heavy atom. The monoisotopic (exact) mass is 470 g/mol. The molecule has 0 fully saturated rings. The molecule has 0 saturated carbocycles. The Labute approximate surface area is 213 Å². The van der Waals surface area contributed by atoms with E-state index in [2.05, 4.69) is 24.3 Å². The maximum Gasteiger partial charge on any atom is 0.112 e. The van der Waals surface area contributed by atoms with Gasteiger partial charge in [-0.15, -0.1) is 0 Å². The summed E-state index contributed by atoms with van der Waals surface area (Å²) < 4.78 is 0. The molecule has 0 aromatic heterocycles. The van der Waals surface area contributed by atoms with E-state index in [9.17, 15) is 10.2 Å². The highest BCUT2D eigenvalue weighted by Crippen LogP contribution is 2.39. The predicted molar refractivity (Wildman–Crippen MR) is 148 cm³/mol. The van der Waals surface area contributed by atoms with Crippen molar-refractivity contribution < 1.29 is 10.2 Å². The Bertz CT molecular complexity index is 1340. The summed E-state index contributed by atoms with van der Waals surface area (Å²) in [5.41, 5.74) is 4.90. The van der Waals surface area contributed by atoms with Crippen LogP contribution in [0.1, 0.15) is 36.1 Å². The zero-order valence-corrected chi connectivity index (χ0v) is 20.6. The third-order valence-electron chi connectivity index (χ3n) is 7.08. The Kier molecular flexibility index (Phi) is 6.32. The molecule has 0 radical (unpaired) electrons. The topological polar surface area (TPSA) is 40.5 Å². The van der Waals surface area contributed by atoms with E-state index in [1.54, 1.807) is 0 Å². The van der Waals surface area contributed by atoms with Crippen LogP contribution in [0.25, 0.3) is 22.3 Å². The maximum atomic E-state index is 11.7. The second-order valence-corrected chi connectivity index (χ2v) is 9.54. The van der Waals surface area contributed by atoms with E-state index < -0.39 is 11.2 Å². The Morgan fingerprint density at radius 3 is 1.06 bits per heavy atom. The van der Waals surface area contributed by atoms with Crippen LogP contribution < -0.4 is 0 Å². The van der Waals surface area contributed by atoms with E-state index >= 15 is 0 Å². The van der Waals surface area contributed by atoms with Gasteiger partial charge in [0.25, 0.3) is 0 Å². The molecule has 0 aliphatic rings. The van der Waals surface area contributed by atoms with Gasteiger partial charge < -0.3 is 10.2 Å². The first-order valence-electron chi connectivity index (χ1n) is 12.2. The number of benzene rings is 5. The van der Waals surface area contributed by atoms with E-state index in [4.69, 9.17) is 0 Å². The van der Waals surface area contributed by atoms with Crippen molar-refractivity contribution in [3.8, 4) is 22.3 Å². The third kappa shape index (κ3) is 4.37. The molecule has 0 aliphatic heterocycles. The molecule has 2 unspecified atom stereocenters. The summed E-state index contributed by atoms with van der Waals surface area (Å²) in [4.78, 5) is 0. The van der Waals surface area contributed by atoms with Crippen molar-refractivity contribution in [1.82, 2.24) is 0 Å². The van der Waals surface area contributed by atoms with Gasteiger partial charge >= 0.3 is 0 Å². The molecule has 0 heterocycles. The first-order chi connectivity index (χ1) is 17.4.